The van der Waals surface area contributed by atoms with Gasteiger partial charge in [-0.2, -0.15) is 0 Å². The number of likely N-dealkylation sites (tertiary alicyclic amines) is 1. The minimum absolute atomic E-state index is 0.246. The minimum atomic E-state index is -0.485. The van der Waals surface area contributed by atoms with Crippen molar-refractivity contribution in [3.63, 3.8) is 0 Å². The van der Waals surface area contributed by atoms with E-state index < -0.39 is 5.60 Å². The first-order chi connectivity index (χ1) is 9.83. The molecule has 0 aromatic heterocycles. The fourth-order valence-corrected chi connectivity index (χ4v) is 2.33. The summed E-state index contributed by atoms with van der Waals surface area (Å²) < 4.78 is 18.6. The van der Waals surface area contributed by atoms with Gasteiger partial charge in [-0.15, -0.1) is 0 Å². The van der Waals surface area contributed by atoms with Gasteiger partial charge in [0.2, 0.25) is 0 Å². The van der Waals surface area contributed by atoms with E-state index in [2.05, 4.69) is 0 Å². The van der Waals surface area contributed by atoms with Crippen LogP contribution in [-0.4, -0.2) is 29.7 Å². The number of rotatable bonds is 1. The molecule has 1 heterocycles. The predicted molar refractivity (Wildman–Crippen MR) is 81.4 cm³/mol. The van der Waals surface area contributed by atoms with Gasteiger partial charge in [0.05, 0.1) is 0 Å². The molecule has 2 rings (SSSR count). The maximum Gasteiger partial charge on any atom is 0.410 e. The van der Waals surface area contributed by atoms with Crippen LogP contribution in [0.1, 0.15) is 39.2 Å². The van der Waals surface area contributed by atoms with Crippen molar-refractivity contribution in [3.05, 3.63) is 41.2 Å². The summed E-state index contributed by atoms with van der Waals surface area (Å²) in [5.41, 5.74) is 1.47. The summed E-state index contributed by atoms with van der Waals surface area (Å²) in [5.74, 6) is -0.246. The average molecular weight is 291 g/mol. The molecule has 1 aromatic rings. The number of benzene rings is 1. The Morgan fingerprint density at radius 3 is 2.81 bits per heavy atom. The third-order valence-corrected chi connectivity index (χ3v) is 3.19. The van der Waals surface area contributed by atoms with Crippen LogP contribution in [0.5, 0.6) is 0 Å². The molecule has 1 aromatic carbocycles. The van der Waals surface area contributed by atoms with Crippen LogP contribution in [0.2, 0.25) is 0 Å². The largest absolute Gasteiger partial charge is 0.444 e. The van der Waals surface area contributed by atoms with Crippen LogP contribution in [0.4, 0.5) is 9.18 Å². The Balaban J connectivity index is 2.05. The fraction of sp³-hybridized carbons (Fsp3) is 0.471. The molecule has 0 N–H and O–H groups in total. The van der Waals surface area contributed by atoms with E-state index in [9.17, 15) is 9.18 Å². The molecule has 1 aliphatic rings. The quantitative estimate of drug-likeness (QED) is 0.774. The second kappa shape index (κ2) is 6.29. The van der Waals surface area contributed by atoms with E-state index in [0.717, 1.165) is 24.0 Å². The Morgan fingerprint density at radius 1 is 1.38 bits per heavy atom. The van der Waals surface area contributed by atoms with Crippen molar-refractivity contribution in [3.8, 4) is 0 Å². The van der Waals surface area contributed by atoms with Gasteiger partial charge in [-0.3, -0.25) is 0 Å². The Labute approximate surface area is 125 Å². The van der Waals surface area contributed by atoms with Crippen LogP contribution in [0.15, 0.2) is 29.8 Å². The van der Waals surface area contributed by atoms with Crippen LogP contribution in [-0.2, 0) is 4.74 Å². The van der Waals surface area contributed by atoms with Crippen LogP contribution >= 0.6 is 0 Å². The molecule has 1 amide bonds. The number of nitrogens with zero attached hydrogens (tertiary/aromatic N) is 1. The molecule has 0 bridgehead atoms. The van der Waals surface area contributed by atoms with Crippen LogP contribution in [0.25, 0.3) is 6.08 Å². The molecular weight excluding hydrogens is 269 g/mol. The highest BCUT2D eigenvalue weighted by molar-refractivity contribution is 5.69. The van der Waals surface area contributed by atoms with E-state index in [1.54, 1.807) is 11.0 Å². The summed E-state index contributed by atoms with van der Waals surface area (Å²) in [6.45, 7) is 6.83. The molecule has 1 saturated heterocycles. The van der Waals surface area contributed by atoms with Crippen molar-refractivity contribution in [2.75, 3.05) is 13.1 Å². The maximum atomic E-state index is 13.2. The Hall–Kier alpha value is -1.84. The summed E-state index contributed by atoms with van der Waals surface area (Å²) in [6.07, 6.45) is 3.50. The van der Waals surface area contributed by atoms with E-state index in [4.69, 9.17) is 4.74 Å². The molecule has 3 nitrogen and oxygen atoms in total. The maximum absolute atomic E-state index is 13.2. The lowest BCUT2D eigenvalue weighted by Gasteiger charge is -2.31. The lowest BCUT2D eigenvalue weighted by molar-refractivity contribution is 0.0247. The Morgan fingerprint density at radius 2 is 2.14 bits per heavy atom. The van der Waals surface area contributed by atoms with Crippen molar-refractivity contribution in [1.29, 1.82) is 0 Å². The smallest absolute Gasteiger partial charge is 0.410 e. The molecule has 0 saturated carbocycles. The van der Waals surface area contributed by atoms with Gasteiger partial charge in [-0.25, -0.2) is 9.18 Å². The van der Waals surface area contributed by atoms with Gasteiger partial charge in [-0.05, 0) is 51.3 Å². The number of ether oxygens (including phenoxy) is 1. The second-order valence-corrected chi connectivity index (χ2v) is 6.36. The molecule has 0 radical (unpaired) electrons. The zero-order valence-corrected chi connectivity index (χ0v) is 12.9. The number of halogens is 1. The van der Waals surface area contributed by atoms with Gasteiger partial charge in [0.15, 0.2) is 0 Å². The van der Waals surface area contributed by atoms with Crippen LogP contribution in [0.3, 0.4) is 0 Å². The third kappa shape index (κ3) is 4.88. The zero-order valence-electron chi connectivity index (χ0n) is 12.9. The number of carbonyl (C=O) groups excluding carboxylic acids is 1. The third-order valence-electron chi connectivity index (χ3n) is 3.19. The first-order valence-corrected chi connectivity index (χ1v) is 7.26. The first kappa shape index (κ1) is 15.5. The molecule has 21 heavy (non-hydrogen) atoms. The molecule has 1 fully saturated rings. The summed E-state index contributed by atoms with van der Waals surface area (Å²) in [7, 11) is 0. The molecule has 1 aliphatic heterocycles. The SMILES string of the molecule is CC(C)(C)OC(=O)N1CCC/C(=C\c2cccc(F)c2)C1. The molecule has 114 valence electrons. The normalized spacial score (nSPS) is 17.9. The highest BCUT2D eigenvalue weighted by Crippen LogP contribution is 2.21. The Kier molecular flexibility index (Phi) is 4.66. The highest BCUT2D eigenvalue weighted by atomic mass is 19.1. The first-order valence-electron chi connectivity index (χ1n) is 7.26. The average Bonchev–Trinajstić information content (AvgIpc) is 2.37. The van der Waals surface area contributed by atoms with Gasteiger partial charge in [0, 0.05) is 13.1 Å². The number of carbonyl (C=O) groups is 1. The zero-order chi connectivity index (χ0) is 15.5. The van der Waals surface area contributed by atoms with E-state index in [0.29, 0.717) is 13.1 Å². The minimum Gasteiger partial charge on any atom is -0.444 e. The molecule has 4 heteroatoms. The fourth-order valence-electron chi connectivity index (χ4n) is 2.33. The van der Waals surface area contributed by atoms with Gasteiger partial charge in [0.1, 0.15) is 11.4 Å². The van der Waals surface area contributed by atoms with Crippen LogP contribution < -0.4 is 0 Å². The Bertz CT molecular complexity index is 546. The summed E-state index contributed by atoms with van der Waals surface area (Å²) >= 11 is 0. The van der Waals surface area contributed by atoms with Crippen molar-refractivity contribution in [2.24, 2.45) is 0 Å². The molecular formula is C17H22FNO2. The summed E-state index contributed by atoms with van der Waals surface area (Å²) in [5, 5.41) is 0. The van der Waals surface area contributed by atoms with E-state index in [1.807, 2.05) is 32.9 Å². The number of piperidine rings is 1. The topological polar surface area (TPSA) is 29.5 Å². The van der Waals surface area contributed by atoms with Crippen molar-refractivity contribution >= 4 is 12.2 Å². The van der Waals surface area contributed by atoms with Crippen molar-refractivity contribution in [1.82, 2.24) is 4.90 Å². The molecule has 0 aliphatic carbocycles. The van der Waals surface area contributed by atoms with E-state index >= 15 is 0 Å². The molecule has 0 atom stereocenters. The van der Waals surface area contributed by atoms with Crippen LogP contribution in [0, 0.1) is 5.82 Å². The second-order valence-electron chi connectivity index (χ2n) is 6.36. The monoisotopic (exact) mass is 291 g/mol. The lowest BCUT2D eigenvalue weighted by Crippen LogP contribution is -2.40. The van der Waals surface area contributed by atoms with Gasteiger partial charge < -0.3 is 9.64 Å². The van der Waals surface area contributed by atoms with Gasteiger partial charge in [-0.1, -0.05) is 23.8 Å². The number of hydrogen-bond donors (Lipinski definition) is 0. The predicted octanol–water partition coefficient (Wildman–Crippen LogP) is 4.24. The van der Waals surface area contributed by atoms with E-state index in [1.165, 1.54) is 12.1 Å². The molecule has 0 unspecified atom stereocenters. The van der Waals surface area contributed by atoms with Gasteiger partial charge in [0.25, 0.3) is 0 Å². The lowest BCUT2D eigenvalue weighted by atomic mass is 10.0. The highest BCUT2D eigenvalue weighted by Gasteiger charge is 2.24. The van der Waals surface area contributed by atoms with Crippen molar-refractivity contribution in [2.45, 2.75) is 39.2 Å². The molecule has 0 spiro atoms. The number of hydrogen-bond acceptors (Lipinski definition) is 2. The number of amides is 1. The van der Waals surface area contributed by atoms with Gasteiger partial charge >= 0.3 is 6.09 Å². The summed E-state index contributed by atoms with van der Waals surface area (Å²) in [6, 6.07) is 6.48. The van der Waals surface area contributed by atoms with Crippen molar-refractivity contribution < 1.29 is 13.9 Å². The van der Waals surface area contributed by atoms with E-state index in [-0.39, 0.29) is 11.9 Å². The standard InChI is InChI=1S/C17H22FNO2/c1-17(2,3)21-16(20)19-9-5-7-14(12-19)10-13-6-4-8-15(18)11-13/h4,6,8,10-11H,5,7,9,12H2,1-3H3/b14-10+. The summed E-state index contributed by atoms with van der Waals surface area (Å²) in [4.78, 5) is 13.8.